The van der Waals surface area contributed by atoms with Crippen molar-refractivity contribution in [3.8, 4) is 11.3 Å². The molecule has 2 aromatic rings. The van der Waals surface area contributed by atoms with E-state index in [4.69, 9.17) is 18.0 Å². The molecule has 0 amide bonds. The number of anilines is 1. The zero-order valence-corrected chi connectivity index (χ0v) is 11.7. The second-order valence-corrected chi connectivity index (χ2v) is 4.40. The van der Waals surface area contributed by atoms with E-state index in [1.54, 1.807) is 7.05 Å². The van der Waals surface area contributed by atoms with E-state index in [0.717, 1.165) is 11.3 Å². The van der Waals surface area contributed by atoms with Crippen molar-refractivity contribution >= 4 is 30.1 Å². The highest BCUT2D eigenvalue weighted by Crippen LogP contribution is 2.26. The molecule has 0 saturated carbocycles. The van der Waals surface area contributed by atoms with Crippen LogP contribution in [0.3, 0.4) is 0 Å². The van der Waals surface area contributed by atoms with Gasteiger partial charge in [-0.3, -0.25) is 4.79 Å². The first-order valence-electron chi connectivity index (χ1n) is 5.96. The van der Waals surface area contributed by atoms with E-state index in [0.29, 0.717) is 22.4 Å². The van der Waals surface area contributed by atoms with Gasteiger partial charge in [0.1, 0.15) is 10.9 Å². The topological polar surface area (TPSA) is 83.8 Å². The number of hydrogen-bond acceptors (Lipinski definition) is 5. The molecule has 0 aliphatic rings. The largest absolute Gasteiger partial charge is 0.398 e. The van der Waals surface area contributed by atoms with Gasteiger partial charge in [-0.25, -0.2) is 4.98 Å². The summed E-state index contributed by atoms with van der Waals surface area (Å²) in [7, 11) is 1.74. The second kappa shape index (κ2) is 6.12. The summed E-state index contributed by atoms with van der Waals surface area (Å²) in [6, 6.07) is 9.60. The Morgan fingerprint density at radius 1 is 1.40 bits per heavy atom. The lowest BCUT2D eigenvalue weighted by Crippen LogP contribution is -2.06. The second-order valence-electron chi connectivity index (χ2n) is 4.01. The summed E-state index contributed by atoms with van der Waals surface area (Å²) in [5.74, 6) is 0.538. The van der Waals surface area contributed by atoms with Crippen molar-refractivity contribution in [2.45, 2.75) is 0 Å². The molecule has 1 aromatic carbocycles. The molecule has 5 nitrogen and oxygen atoms in total. The Labute approximate surface area is 121 Å². The Balaban J connectivity index is 2.76. The summed E-state index contributed by atoms with van der Waals surface area (Å²) >= 11 is 5.28. The first-order chi connectivity index (χ1) is 9.67. The smallest absolute Gasteiger partial charge is 0.201 e. The normalized spacial score (nSPS) is 11.2. The Hall–Kier alpha value is -2.47. The number of benzene rings is 1. The van der Waals surface area contributed by atoms with Crippen LogP contribution in [0.25, 0.3) is 17.0 Å². The number of rotatable bonds is 4. The number of hydrogen-bond donors (Lipinski definition) is 3. The molecule has 0 fully saturated rings. The highest BCUT2D eigenvalue weighted by molar-refractivity contribution is 7.71. The van der Waals surface area contributed by atoms with Gasteiger partial charge in [-0.2, -0.15) is 0 Å². The number of carbonyl (C=O) groups excluding carboxylic acids is 1. The molecule has 1 heterocycles. The van der Waals surface area contributed by atoms with Crippen LogP contribution in [-0.4, -0.2) is 23.3 Å². The fourth-order valence-corrected chi connectivity index (χ4v) is 2.15. The molecule has 0 radical (unpaired) electrons. The van der Waals surface area contributed by atoms with Gasteiger partial charge in [0.15, 0.2) is 0 Å². The maximum atomic E-state index is 10.6. The number of aromatic nitrogens is 2. The minimum atomic E-state index is 0.287. The standard InChI is InChI=1S/C14H14N4OS/c1-16-14-17-12(9-5-3-2-4-6-9)11(13(20)18-14)10(15)7-8-19/h2-8H,15H2,1H3,(H2,16,17,18,20)/b10-7-. The van der Waals surface area contributed by atoms with E-state index >= 15 is 0 Å². The van der Waals surface area contributed by atoms with Crippen LogP contribution in [0.2, 0.25) is 0 Å². The van der Waals surface area contributed by atoms with Crippen molar-refractivity contribution in [2.24, 2.45) is 5.73 Å². The van der Waals surface area contributed by atoms with Crippen LogP contribution in [0.5, 0.6) is 0 Å². The van der Waals surface area contributed by atoms with E-state index in [9.17, 15) is 4.79 Å². The van der Waals surface area contributed by atoms with Crippen LogP contribution in [0.4, 0.5) is 5.95 Å². The number of carbonyl (C=O) groups is 1. The van der Waals surface area contributed by atoms with Crippen molar-refractivity contribution < 1.29 is 4.79 Å². The van der Waals surface area contributed by atoms with Gasteiger partial charge in [0.05, 0.1) is 11.3 Å². The lowest BCUT2D eigenvalue weighted by Gasteiger charge is -2.12. The molecule has 0 aliphatic carbocycles. The van der Waals surface area contributed by atoms with Crippen molar-refractivity contribution in [3.63, 3.8) is 0 Å². The third kappa shape index (κ3) is 2.75. The summed E-state index contributed by atoms with van der Waals surface area (Å²) in [6.45, 7) is 0. The predicted octanol–water partition coefficient (Wildman–Crippen LogP) is 2.35. The lowest BCUT2D eigenvalue weighted by molar-refractivity contribution is -0.104. The summed E-state index contributed by atoms with van der Waals surface area (Å²) < 4.78 is 0.336. The quantitative estimate of drug-likeness (QED) is 0.456. The number of aldehydes is 1. The van der Waals surface area contributed by atoms with Crippen molar-refractivity contribution in [1.82, 2.24) is 9.97 Å². The van der Waals surface area contributed by atoms with E-state index in [2.05, 4.69) is 15.3 Å². The molecule has 0 saturated heterocycles. The van der Waals surface area contributed by atoms with Crippen LogP contribution >= 0.6 is 12.2 Å². The number of aromatic amines is 1. The molecule has 2 rings (SSSR count). The molecule has 102 valence electrons. The van der Waals surface area contributed by atoms with Crippen LogP contribution in [0.1, 0.15) is 5.56 Å². The number of nitrogens with zero attached hydrogens (tertiary/aromatic N) is 1. The molecule has 0 spiro atoms. The summed E-state index contributed by atoms with van der Waals surface area (Å²) in [4.78, 5) is 18.0. The zero-order chi connectivity index (χ0) is 14.5. The number of nitrogens with two attached hydrogens (primary N) is 1. The Kier molecular flexibility index (Phi) is 4.27. The molecule has 1 aromatic heterocycles. The molecule has 0 bridgehead atoms. The summed E-state index contributed by atoms with van der Waals surface area (Å²) in [5.41, 5.74) is 8.40. The van der Waals surface area contributed by atoms with Gasteiger partial charge in [0, 0.05) is 18.8 Å². The summed E-state index contributed by atoms with van der Waals surface area (Å²) in [6.07, 6.45) is 1.90. The maximum Gasteiger partial charge on any atom is 0.201 e. The highest BCUT2D eigenvalue weighted by Gasteiger charge is 2.12. The molecule has 0 atom stereocenters. The fourth-order valence-electron chi connectivity index (χ4n) is 1.84. The van der Waals surface area contributed by atoms with E-state index < -0.39 is 0 Å². The van der Waals surface area contributed by atoms with Crippen LogP contribution in [0.15, 0.2) is 36.4 Å². The lowest BCUT2D eigenvalue weighted by atomic mass is 10.1. The number of H-pyrrole nitrogens is 1. The Bertz CT molecular complexity index is 707. The fraction of sp³-hybridized carbons (Fsp3) is 0.0714. The minimum absolute atomic E-state index is 0.287. The van der Waals surface area contributed by atoms with Gasteiger partial charge < -0.3 is 16.0 Å². The Morgan fingerprint density at radius 2 is 2.10 bits per heavy atom. The number of allylic oxidation sites excluding steroid dienone is 1. The van der Waals surface area contributed by atoms with Gasteiger partial charge in [-0.15, -0.1) is 0 Å². The van der Waals surface area contributed by atoms with Crippen LogP contribution < -0.4 is 11.1 Å². The molecule has 6 heteroatoms. The van der Waals surface area contributed by atoms with E-state index in [-0.39, 0.29) is 5.70 Å². The zero-order valence-electron chi connectivity index (χ0n) is 10.9. The van der Waals surface area contributed by atoms with E-state index in [1.165, 1.54) is 6.08 Å². The monoisotopic (exact) mass is 286 g/mol. The van der Waals surface area contributed by atoms with E-state index in [1.807, 2.05) is 30.3 Å². The molecule has 0 unspecified atom stereocenters. The van der Waals surface area contributed by atoms with Crippen molar-refractivity contribution in [3.05, 3.63) is 46.6 Å². The predicted molar refractivity (Wildman–Crippen MR) is 82.6 cm³/mol. The van der Waals surface area contributed by atoms with Gasteiger partial charge in [-0.1, -0.05) is 42.5 Å². The molecule has 20 heavy (non-hydrogen) atoms. The van der Waals surface area contributed by atoms with Crippen LogP contribution in [0, 0.1) is 4.64 Å². The Morgan fingerprint density at radius 3 is 2.70 bits per heavy atom. The van der Waals surface area contributed by atoms with Gasteiger partial charge >= 0.3 is 0 Å². The molecule has 0 aliphatic heterocycles. The van der Waals surface area contributed by atoms with Gasteiger partial charge in [-0.05, 0) is 5.56 Å². The first kappa shape index (κ1) is 14.0. The molecular formula is C14H14N4OS. The minimum Gasteiger partial charge on any atom is -0.398 e. The summed E-state index contributed by atoms with van der Waals surface area (Å²) in [5, 5.41) is 2.91. The SMILES string of the molecule is CNc1nc(=S)c(/C(N)=C/C=O)c(-c2ccccc2)[nH]1. The highest BCUT2D eigenvalue weighted by atomic mass is 32.1. The average Bonchev–Trinajstić information content (AvgIpc) is 2.47. The van der Waals surface area contributed by atoms with Gasteiger partial charge in [0.25, 0.3) is 0 Å². The molecule has 4 N–H and O–H groups in total. The third-order valence-electron chi connectivity index (χ3n) is 2.76. The first-order valence-corrected chi connectivity index (χ1v) is 6.37. The number of nitrogens with one attached hydrogen (secondary N) is 2. The van der Waals surface area contributed by atoms with Crippen molar-refractivity contribution in [1.29, 1.82) is 0 Å². The molecular weight excluding hydrogens is 272 g/mol. The van der Waals surface area contributed by atoms with Gasteiger partial charge in [0.2, 0.25) is 5.95 Å². The third-order valence-corrected chi connectivity index (χ3v) is 3.05. The van der Waals surface area contributed by atoms with Crippen molar-refractivity contribution in [2.75, 3.05) is 12.4 Å². The average molecular weight is 286 g/mol. The maximum absolute atomic E-state index is 10.6. The van der Waals surface area contributed by atoms with Crippen LogP contribution in [-0.2, 0) is 4.79 Å².